The molecule has 29 heavy (non-hydrogen) atoms. The van der Waals surface area contributed by atoms with Gasteiger partial charge in [-0.2, -0.15) is 0 Å². The van der Waals surface area contributed by atoms with Crippen molar-refractivity contribution in [3.63, 3.8) is 0 Å². The molecule has 0 radical (unpaired) electrons. The third-order valence-corrected chi connectivity index (χ3v) is 8.10. The molecule has 1 aliphatic carbocycles. The predicted octanol–water partition coefficient (Wildman–Crippen LogP) is 5.14. The van der Waals surface area contributed by atoms with E-state index in [0.29, 0.717) is 17.6 Å². The molecule has 0 aliphatic heterocycles. The molecule has 0 amide bonds. The van der Waals surface area contributed by atoms with Gasteiger partial charge in [0.1, 0.15) is 5.82 Å². The van der Waals surface area contributed by atoms with Crippen LogP contribution in [-0.4, -0.2) is 29.9 Å². The number of thioether (sulfide) groups is 2. The third kappa shape index (κ3) is 4.06. The number of aromatic nitrogens is 6. The molecule has 4 aromatic rings. The highest BCUT2D eigenvalue weighted by molar-refractivity contribution is 8.00. The van der Waals surface area contributed by atoms with E-state index in [9.17, 15) is 0 Å². The number of benzene rings is 1. The molecule has 5 rings (SSSR count). The van der Waals surface area contributed by atoms with E-state index in [4.69, 9.17) is 4.42 Å². The van der Waals surface area contributed by atoms with Crippen LogP contribution in [0.3, 0.4) is 0 Å². The van der Waals surface area contributed by atoms with Crippen LogP contribution in [0, 0.1) is 0 Å². The maximum Gasteiger partial charge on any atom is 0.226 e. The quantitative estimate of drug-likeness (QED) is 0.345. The van der Waals surface area contributed by atoms with Crippen molar-refractivity contribution >= 4 is 45.1 Å². The first-order chi connectivity index (χ1) is 14.3. The fraction of sp³-hybridized carbons (Fsp3) is 0.421. The number of rotatable bonds is 8. The average molecular weight is 445 g/mol. The first-order valence-corrected chi connectivity index (χ1v) is 12.4. The molecular weight excluding hydrogens is 424 g/mol. The van der Waals surface area contributed by atoms with Gasteiger partial charge in [-0.25, -0.2) is 4.98 Å². The van der Waals surface area contributed by atoms with Gasteiger partial charge in [-0.05, 0) is 31.9 Å². The number of nitrogens with zero attached hydrogens (tertiary/aromatic N) is 6. The molecule has 150 valence electrons. The van der Waals surface area contributed by atoms with Crippen LogP contribution in [0.4, 0.5) is 0 Å². The van der Waals surface area contributed by atoms with Crippen molar-refractivity contribution in [2.24, 2.45) is 0 Å². The van der Waals surface area contributed by atoms with Gasteiger partial charge >= 0.3 is 0 Å². The highest BCUT2D eigenvalue weighted by atomic mass is 32.2. The maximum absolute atomic E-state index is 5.81. The smallest absolute Gasteiger partial charge is 0.226 e. The Morgan fingerprint density at radius 1 is 1.10 bits per heavy atom. The lowest BCUT2D eigenvalue weighted by molar-refractivity contribution is 0.328. The standard InChI is InChI=1S/C19H20N6OS3/c1-2-25-15(10-28-19-20-13-8-3-4-9-14(13)29-19)21-24-18(25)27-11-16-22-23-17(26-16)12-6-5-7-12/h3-4,8-9,12H,2,5-7,10-11H2,1H3. The number of hydrogen-bond acceptors (Lipinski definition) is 9. The van der Waals surface area contributed by atoms with E-state index in [1.807, 2.05) is 18.2 Å². The van der Waals surface area contributed by atoms with E-state index in [-0.39, 0.29) is 0 Å². The lowest BCUT2D eigenvalue weighted by atomic mass is 9.85. The summed E-state index contributed by atoms with van der Waals surface area (Å²) in [5, 5.41) is 18.1. The summed E-state index contributed by atoms with van der Waals surface area (Å²) >= 11 is 5.02. The van der Waals surface area contributed by atoms with Crippen LogP contribution < -0.4 is 0 Å². The summed E-state index contributed by atoms with van der Waals surface area (Å²) in [4.78, 5) is 4.69. The van der Waals surface area contributed by atoms with Crippen molar-refractivity contribution in [1.29, 1.82) is 0 Å². The van der Waals surface area contributed by atoms with Gasteiger partial charge in [-0.1, -0.05) is 42.1 Å². The van der Waals surface area contributed by atoms with Crippen molar-refractivity contribution in [3.05, 3.63) is 41.9 Å². The number of para-hydroxylation sites is 1. The molecule has 3 heterocycles. The van der Waals surface area contributed by atoms with E-state index < -0.39 is 0 Å². The Kier molecular flexibility index (Phi) is 5.56. The maximum atomic E-state index is 5.81. The van der Waals surface area contributed by atoms with E-state index in [2.05, 4.69) is 42.9 Å². The first kappa shape index (κ1) is 19.1. The minimum Gasteiger partial charge on any atom is -0.424 e. The van der Waals surface area contributed by atoms with Gasteiger partial charge < -0.3 is 8.98 Å². The predicted molar refractivity (Wildman–Crippen MR) is 115 cm³/mol. The van der Waals surface area contributed by atoms with Crippen LogP contribution >= 0.6 is 34.9 Å². The lowest BCUT2D eigenvalue weighted by Gasteiger charge is -2.20. The normalized spacial score (nSPS) is 14.5. The second-order valence-electron chi connectivity index (χ2n) is 6.83. The molecule has 0 unspecified atom stereocenters. The molecule has 7 nitrogen and oxygen atoms in total. The van der Waals surface area contributed by atoms with Gasteiger partial charge in [0.2, 0.25) is 11.8 Å². The molecule has 1 aliphatic rings. The topological polar surface area (TPSA) is 82.5 Å². The second-order valence-corrected chi connectivity index (χ2v) is 10.0. The van der Waals surface area contributed by atoms with E-state index in [1.165, 1.54) is 11.1 Å². The van der Waals surface area contributed by atoms with E-state index >= 15 is 0 Å². The zero-order chi connectivity index (χ0) is 19.6. The van der Waals surface area contributed by atoms with Crippen LogP contribution in [0.5, 0.6) is 0 Å². The van der Waals surface area contributed by atoms with Crippen LogP contribution in [0.15, 0.2) is 38.2 Å². The van der Waals surface area contributed by atoms with Gasteiger partial charge in [0.25, 0.3) is 0 Å². The van der Waals surface area contributed by atoms with Crippen molar-refractivity contribution in [1.82, 2.24) is 29.9 Å². The number of thiazole rings is 1. The Hall–Kier alpha value is -1.91. The highest BCUT2D eigenvalue weighted by Crippen LogP contribution is 2.36. The molecular formula is C19H20N6OS3. The Bertz CT molecular complexity index is 1080. The van der Waals surface area contributed by atoms with Gasteiger partial charge in [-0.15, -0.1) is 31.7 Å². The summed E-state index contributed by atoms with van der Waals surface area (Å²) in [7, 11) is 0. The van der Waals surface area contributed by atoms with Crippen LogP contribution in [0.1, 0.15) is 49.7 Å². The Labute approximate surface area is 180 Å². The number of fused-ring (bicyclic) bond motifs is 1. The Morgan fingerprint density at radius 2 is 2.00 bits per heavy atom. The van der Waals surface area contributed by atoms with Gasteiger partial charge in [0, 0.05) is 12.5 Å². The summed E-state index contributed by atoms with van der Waals surface area (Å²) < 4.78 is 10.2. The highest BCUT2D eigenvalue weighted by Gasteiger charge is 2.25. The van der Waals surface area contributed by atoms with Gasteiger partial charge in [-0.3, -0.25) is 0 Å². The van der Waals surface area contributed by atoms with Crippen molar-refractivity contribution in [2.45, 2.75) is 59.7 Å². The molecule has 3 aromatic heterocycles. The summed E-state index contributed by atoms with van der Waals surface area (Å²) in [5.74, 6) is 4.23. The first-order valence-electron chi connectivity index (χ1n) is 9.65. The number of hydrogen-bond donors (Lipinski definition) is 0. The molecule has 0 spiro atoms. The SMILES string of the molecule is CCn1c(CSc2nc3ccccc3s2)nnc1SCc1nnc(C2CCC2)o1. The monoisotopic (exact) mass is 444 g/mol. The molecule has 10 heteroatoms. The van der Waals surface area contributed by atoms with Crippen LogP contribution in [-0.2, 0) is 18.1 Å². The van der Waals surface area contributed by atoms with Crippen molar-refractivity contribution < 1.29 is 4.42 Å². The fourth-order valence-corrected chi connectivity index (χ4v) is 6.03. The molecule has 1 saturated carbocycles. The molecule has 0 saturated heterocycles. The lowest BCUT2D eigenvalue weighted by Crippen LogP contribution is -2.08. The average Bonchev–Trinajstić information content (AvgIpc) is 3.41. The minimum absolute atomic E-state index is 0.465. The fourth-order valence-electron chi connectivity index (χ4n) is 3.16. The second kappa shape index (κ2) is 8.45. The van der Waals surface area contributed by atoms with Crippen molar-refractivity contribution in [3.8, 4) is 0 Å². The summed E-state index contributed by atoms with van der Waals surface area (Å²) in [6.45, 7) is 2.93. The van der Waals surface area contributed by atoms with E-state index in [0.717, 1.165) is 51.9 Å². The van der Waals surface area contributed by atoms with Crippen LogP contribution in [0.25, 0.3) is 10.2 Å². The largest absolute Gasteiger partial charge is 0.424 e. The molecule has 0 N–H and O–H groups in total. The molecule has 1 fully saturated rings. The van der Waals surface area contributed by atoms with Crippen molar-refractivity contribution in [2.75, 3.05) is 0 Å². The zero-order valence-electron chi connectivity index (χ0n) is 15.9. The summed E-state index contributed by atoms with van der Waals surface area (Å²) in [6, 6.07) is 8.22. The summed E-state index contributed by atoms with van der Waals surface area (Å²) in [5.41, 5.74) is 1.05. The zero-order valence-corrected chi connectivity index (χ0v) is 18.4. The molecule has 1 aromatic carbocycles. The minimum atomic E-state index is 0.465. The van der Waals surface area contributed by atoms with Gasteiger partial charge in [0.15, 0.2) is 9.50 Å². The summed E-state index contributed by atoms with van der Waals surface area (Å²) in [6.07, 6.45) is 3.58. The van der Waals surface area contributed by atoms with Gasteiger partial charge in [0.05, 0.1) is 21.7 Å². The van der Waals surface area contributed by atoms with Crippen LogP contribution in [0.2, 0.25) is 0 Å². The Balaban J connectivity index is 1.23. The van der Waals surface area contributed by atoms with E-state index in [1.54, 1.807) is 34.9 Å². The molecule has 0 atom stereocenters. The third-order valence-electron chi connectivity index (χ3n) is 4.97. The molecule has 0 bridgehead atoms. The Morgan fingerprint density at radius 3 is 2.79 bits per heavy atom.